The lowest BCUT2D eigenvalue weighted by atomic mass is 9.86. The van der Waals surface area contributed by atoms with Crippen LogP contribution in [0.1, 0.15) is 13.8 Å². The third kappa shape index (κ3) is 3.98. The van der Waals surface area contributed by atoms with Crippen LogP contribution in [0.4, 0.5) is 0 Å². The first-order chi connectivity index (χ1) is 10.9. The summed E-state index contributed by atoms with van der Waals surface area (Å²) in [4.78, 5) is 48.2. The van der Waals surface area contributed by atoms with Gasteiger partial charge in [0.15, 0.2) is 0 Å². The van der Waals surface area contributed by atoms with Gasteiger partial charge in [-0.2, -0.15) is 0 Å². The molecule has 9 heteroatoms. The second-order valence-electron chi connectivity index (χ2n) is 4.72. The molecule has 1 fully saturated rings. The minimum atomic E-state index is -1.25. The molecule has 130 valence electrons. The molecular weight excluding hydrogens is 310 g/mol. The van der Waals surface area contributed by atoms with Gasteiger partial charge in [-0.25, -0.2) is 0 Å². The number of esters is 4. The summed E-state index contributed by atoms with van der Waals surface area (Å²) < 4.78 is 19.1. The molecule has 0 saturated carbocycles. The van der Waals surface area contributed by atoms with Crippen molar-refractivity contribution < 1.29 is 38.1 Å². The Morgan fingerprint density at radius 1 is 0.739 bits per heavy atom. The molecular formula is C14H21NO8. The minimum absolute atomic E-state index is 0.0812. The number of nitrogens with one attached hydrogen (secondary N) is 1. The van der Waals surface area contributed by atoms with Crippen molar-refractivity contribution >= 4 is 23.9 Å². The zero-order chi connectivity index (χ0) is 17.6. The van der Waals surface area contributed by atoms with E-state index >= 15 is 0 Å². The van der Waals surface area contributed by atoms with Crippen molar-refractivity contribution in [1.82, 2.24) is 5.32 Å². The number of carbonyl (C=O) groups excluding carboxylic acids is 4. The van der Waals surface area contributed by atoms with Crippen LogP contribution in [-0.2, 0) is 38.1 Å². The second-order valence-corrected chi connectivity index (χ2v) is 4.72. The molecule has 0 bridgehead atoms. The summed E-state index contributed by atoms with van der Waals surface area (Å²) in [6.45, 7) is 3.36. The third-order valence-corrected chi connectivity index (χ3v) is 3.49. The molecule has 1 N–H and O–H groups in total. The van der Waals surface area contributed by atoms with E-state index < -0.39 is 47.8 Å². The molecule has 0 aromatic rings. The van der Waals surface area contributed by atoms with E-state index in [1.807, 2.05) is 0 Å². The van der Waals surface area contributed by atoms with E-state index in [4.69, 9.17) is 9.47 Å². The second kappa shape index (κ2) is 8.47. The van der Waals surface area contributed by atoms with Crippen molar-refractivity contribution in [1.29, 1.82) is 0 Å². The van der Waals surface area contributed by atoms with Crippen LogP contribution in [0.25, 0.3) is 0 Å². The summed E-state index contributed by atoms with van der Waals surface area (Å²) in [5, 5.41) is 2.64. The largest absolute Gasteiger partial charge is 0.469 e. The molecule has 0 aliphatic carbocycles. The van der Waals surface area contributed by atoms with E-state index in [2.05, 4.69) is 14.8 Å². The van der Waals surface area contributed by atoms with Crippen LogP contribution in [-0.4, -0.2) is 63.4 Å². The third-order valence-electron chi connectivity index (χ3n) is 3.49. The lowest BCUT2D eigenvalue weighted by Crippen LogP contribution is -2.44. The maximum atomic E-state index is 12.1. The van der Waals surface area contributed by atoms with Gasteiger partial charge in [-0.1, -0.05) is 0 Å². The Bertz CT molecular complexity index is 435. The van der Waals surface area contributed by atoms with Crippen molar-refractivity contribution in [3.05, 3.63) is 0 Å². The number of rotatable bonds is 6. The Labute approximate surface area is 133 Å². The molecule has 0 aromatic carbocycles. The highest BCUT2D eigenvalue weighted by atomic mass is 16.5. The fourth-order valence-corrected chi connectivity index (χ4v) is 2.55. The summed E-state index contributed by atoms with van der Waals surface area (Å²) in [5.41, 5.74) is 0. The van der Waals surface area contributed by atoms with Crippen molar-refractivity contribution in [3.63, 3.8) is 0 Å². The Morgan fingerprint density at radius 2 is 1.09 bits per heavy atom. The van der Waals surface area contributed by atoms with Gasteiger partial charge in [-0.05, 0) is 13.8 Å². The zero-order valence-corrected chi connectivity index (χ0v) is 13.5. The van der Waals surface area contributed by atoms with Crippen LogP contribution in [0.2, 0.25) is 0 Å². The Hall–Kier alpha value is -2.16. The average molecular weight is 331 g/mol. The summed E-state index contributed by atoms with van der Waals surface area (Å²) in [6, 6.07) is -2.41. The van der Waals surface area contributed by atoms with E-state index in [1.165, 1.54) is 0 Å². The summed E-state index contributed by atoms with van der Waals surface area (Å²) in [5.74, 6) is -5.66. The van der Waals surface area contributed by atoms with Crippen molar-refractivity contribution in [2.24, 2.45) is 11.8 Å². The molecule has 0 aromatic heterocycles. The Balaban J connectivity index is 3.22. The highest BCUT2D eigenvalue weighted by Crippen LogP contribution is 2.31. The lowest BCUT2D eigenvalue weighted by molar-refractivity contribution is -0.162. The normalized spacial score (nSPS) is 26.3. The first kappa shape index (κ1) is 18.9. The standard InChI is InChI=1S/C14H21NO8/c1-5-22-13(18)9-7(11(16)20-3)8(12(17)21-4)10(15-9)14(19)23-6-2/h7-10,15H,5-6H2,1-4H3/t7-,8-,9-,10-/m0/s1. The van der Waals surface area contributed by atoms with E-state index in [9.17, 15) is 19.2 Å². The first-order valence-electron chi connectivity index (χ1n) is 7.17. The molecule has 1 aliphatic rings. The molecule has 1 rings (SSSR count). The van der Waals surface area contributed by atoms with Gasteiger partial charge in [-0.15, -0.1) is 0 Å². The van der Waals surface area contributed by atoms with E-state index in [0.29, 0.717) is 0 Å². The number of hydrogen-bond donors (Lipinski definition) is 1. The molecule has 0 radical (unpaired) electrons. The van der Waals surface area contributed by atoms with Crippen molar-refractivity contribution in [2.75, 3.05) is 27.4 Å². The monoisotopic (exact) mass is 331 g/mol. The molecule has 0 amide bonds. The highest BCUT2D eigenvalue weighted by molar-refractivity contribution is 5.95. The van der Waals surface area contributed by atoms with Crippen LogP contribution < -0.4 is 5.32 Å². The topological polar surface area (TPSA) is 117 Å². The van der Waals surface area contributed by atoms with Gasteiger partial charge in [-0.3, -0.25) is 24.5 Å². The van der Waals surface area contributed by atoms with Crippen LogP contribution in [0.15, 0.2) is 0 Å². The predicted octanol–water partition coefficient (Wildman–Crippen LogP) is -0.969. The van der Waals surface area contributed by atoms with Gasteiger partial charge in [0.2, 0.25) is 0 Å². The predicted molar refractivity (Wildman–Crippen MR) is 75.0 cm³/mol. The average Bonchev–Trinajstić information content (AvgIpc) is 2.94. The van der Waals surface area contributed by atoms with Gasteiger partial charge in [0.25, 0.3) is 0 Å². The number of methoxy groups -OCH3 is 2. The molecule has 1 saturated heterocycles. The smallest absolute Gasteiger partial charge is 0.324 e. The van der Waals surface area contributed by atoms with Crippen LogP contribution in [0, 0.1) is 11.8 Å². The maximum Gasteiger partial charge on any atom is 0.324 e. The van der Waals surface area contributed by atoms with Crippen molar-refractivity contribution in [2.45, 2.75) is 25.9 Å². The molecule has 1 aliphatic heterocycles. The molecule has 4 atom stereocenters. The number of hydrogen-bond acceptors (Lipinski definition) is 9. The molecule has 9 nitrogen and oxygen atoms in total. The molecule has 0 unspecified atom stereocenters. The quantitative estimate of drug-likeness (QED) is 0.484. The summed E-state index contributed by atoms with van der Waals surface area (Å²) in [6.07, 6.45) is 0. The fraction of sp³-hybridized carbons (Fsp3) is 0.714. The molecule has 0 spiro atoms. The van der Waals surface area contributed by atoms with E-state index in [0.717, 1.165) is 14.2 Å². The van der Waals surface area contributed by atoms with Gasteiger partial charge >= 0.3 is 23.9 Å². The Morgan fingerprint density at radius 3 is 1.35 bits per heavy atom. The molecule has 23 heavy (non-hydrogen) atoms. The maximum absolute atomic E-state index is 12.1. The van der Waals surface area contributed by atoms with Gasteiger partial charge in [0.05, 0.1) is 39.3 Å². The van der Waals surface area contributed by atoms with E-state index in [1.54, 1.807) is 13.8 Å². The number of carbonyl (C=O) groups is 4. The van der Waals surface area contributed by atoms with E-state index in [-0.39, 0.29) is 13.2 Å². The van der Waals surface area contributed by atoms with Crippen LogP contribution >= 0.6 is 0 Å². The van der Waals surface area contributed by atoms with Gasteiger partial charge in [0.1, 0.15) is 12.1 Å². The first-order valence-corrected chi connectivity index (χ1v) is 7.17. The van der Waals surface area contributed by atoms with Gasteiger partial charge in [0, 0.05) is 0 Å². The molecule has 1 heterocycles. The van der Waals surface area contributed by atoms with Crippen LogP contribution in [0.5, 0.6) is 0 Å². The highest BCUT2D eigenvalue weighted by Gasteiger charge is 2.57. The lowest BCUT2D eigenvalue weighted by Gasteiger charge is -2.20. The number of ether oxygens (including phenoxy) is 4. The van der Waals surface area contributed by atoms with Crippen molar-refractivity contribution in [3.8, 4) is 0 Å². The summed E-state index contributed by atoms with van der Waals surface area (Å²) >= 11 is 0. The van der Waals surface area contributed by atoms with Gasteiger partial charge < -0.3 is 18.9 Å². The fourth-order valence-electron chi connectivity index (χ4n) is 2.55. The summed E-state index contributed by atoms with van der Waals surface area (Å²) in [7, 11) is 2.24. The Kier molecular flexibility index (Phi) is 6.95. The zero-order valence-electron chi connectivity index (χ0n) is 13.5. The SMILES string of the molecule is CCOC(=O)[C@H]1N[C@H](C(=O)OCC)[C@@H](C(=O)OC)[C@@H]1C(=O)OC. The van der Waals surface area contributed by atoms with Crippen LogP contribution in [0.3, 0.4) is 0 Å². The minimum Gasteiger partial charge on any atom is -0.469 e.